The van der Waals surface area contributed by atoms with Crippen LogP contribution in [0.4, 0.5) is 29.1 Å². The van der Waals surface area contributed by atoms with Crippen LogP contribution in [0.5, 0.6) is 0 Å². The van der Waals surface area contributed by atoms with Gasteiger partial charge in [0.25, 0.3) is 0 Å². The van der Waals surface area contributed by atoms with Gasteiger partial charge in [-0.05, 0) is 55.5 Å². The number of hydrogen-bond acceptors (Lipinski definition) is 3. The van der Waals surface area contributed by atoms with E-state index in [1.54, 1.807) is 23.1 Å². The number of fused-ring (bicyclic) bond motifs is 2. The summed E-state index contributed by atoms with van der Waals surface area (Å²) in [6.45, 7) is -2.52. The molecule has 8 heteroatoms. The van der Waals surface area contributed by atoms with Crippen LogP contribution in [0.25, 0.3) is 10.9 Å². The molecule has 1 aliphatic carbocycles. The van der Waals surface area contributed by atoms with Crippen LogP contribution >= 0.6 is 0 Å². The zero-order valence-electron chi connectivity index (χ0n) is 19.8. The lowest BCUT2D eigenvalue weighted by molar-refractivity contribution is -0.168. The van der Waals surface area contributed by atoms with E-state index in [-0.39, 0.29) is 29.6 Å². The van der Waals surface area contributed by atoms with Crippen molar-refractivity contribution in [1.29, 1.82) is 0 Å². The average molecular weight is 444 g/mol. The number of aryl methyl sites for hydroxylation is 1. The van der Waals surface area contributed by atoms with Gasteiger partial charge in [0.15, 0.2) is 5.82 Å². The van der Waals surface area contributed by atoms with E-state index in [9.17, 15) is 18.0 Å². The molecule has 0 unspecified atom stereocenters. The van der Waals surface area contributed by atoms with Crippen LogP contribution in [-0.4, -0.2) is 22.3 Å². The number of aromatic nitrogens is 2. The molecule has 164 valence electrons. The summed E-state index contributed by atoms with van der Waals surface area (Å²) in [5.74, 6) is 4.35. The van der Waals surface area contributed by atoms with Gasteiger partial charge in [-0.15, -0.1) is 0 Å². The average Bonchev–Trinajstić information content (AvgIpc) is 3.57. The normalized spacial score (nSPS) is 18.8. The first-order valence-corrected chi connectivity index (χ1v) is 10.1. The van der Waals surface area contributed by atoms with Crippen LogP contribution in [0.2, 0.25) is 0 Å². The third-order valence-corrected chi connectivity index (χ3v) is 6.08. The Hall–Kier alpha value is -3.34. The summed E-state index contributed by atoms with van der Waals surface area (Å²) < 4.78 is 78.6. The standard InChI is InChI=1S/C24H19F4N3O/c1-30-19-9-3-7-17(25)20(19)21(29-22(30)32)31-14-4-6-16-15(5-2-8-18(16)31)10-11-23(12-13-23)24(26,27)28/h2-3,5,7-9H,4,6,12-14H2,1H3/i1D3. The second kappa shape index (κ2) is 7.09. The van der Waals surface area contributed by atoms with Crippen molar-refractivity contribution in [3.63, 3.8) is 0 Å². The van der Waals surface area contributed by atoms with Gasteiger partial charge in [0.1, 0.15) is 11.2 Å². The lowest BCUT2D eigenvalue weighted by Gasteiger charge is -2.32. The van der Waals surface area contributed by atoms with E-state index in [2.05, 4.69) is 16.8 Å². The van der Waals surface area contributed by atoms with Gasteiger partial charge in [0.05, 0.1) is 10.9 Å². The molecule has 3 aromatic rings. The molecule has 4 nitrogen and oxygen atoms in total. The number of alkyl halides is 3. The second-order valence-electron chi connectivity index (χ2n) is 8.08. The summed E-state index contributed by atoms with van der Waals surface area (Å²) in [4.78, 5) is 18.3. The summed E-state index contributed by atoms with van der Waals surface area (Å²) in [7, 11) is 0. The first-order chi connectivity index (χ1) is 16.4. The third kappa shape index (κ3) is 3.15. The van der Waals surface area contributed by atoms with Gasteiger partial charge in [0, 0.05) is 28.9 Å². The van der Waals surface area contributed by atoms with Crippen molar-refractivity contribution in [3.05, 3.63) is 63.8 Å². The Labute approximate surface area is 185 Å². The minimum absolute atomic E-state index is 0.0282. The first kappa shape index (κ1) is 17.2. The molecule has 0 N–H and O–H groups in total. The molecular weight excluding hydrogens is 422 g/mol. The summed E-state index contributed by atoms with van der Waals surface area (Å²) in [6, 6.07) is 8.80. The van der Waals surface area contributed by atoms with E-state index < -0.39 is 30.1 Å². The fraction of sp³-hybridized carbons (Fsp3) is 0.333. The van der Waals surface area contributed by atoms with Crippen molar-refractivity contribution >= 4 is 22.4 Å². The molecule has 0 atom stereocenters. The molecule has 0 amide bonds. The fourth-order valence-electron chi connectivity index (χ4n) is 4.17. The molecule has 0 bridgehead atoms. The number of halogens is 4. The SMILES string of the molecule is [2H]C([2H])([2H])n1c(=O)nc(N2CCCc3c(C#CC4(C(F)(F)F)CC4)cccc32)c2c(F)cccc21. The Morgan fingerprint density at radius 1 is 1.19 bits per heavy atom. The minimum atomic E-state index is -4.39. The van der Waals surface area contributed by atoms with E-state index in [1.165, 1.54) is 12.1 Å². The van der Waals surface area contributed by atoms with E-state index in [1.807, 2.05) is 0 Å². The van der Waals surface area contributed by atoms with Gasteiger partial charge in [0.2, 0.25) is 0 Å². The quantitative estimate of drug-likeness (QED) is 0.398. The van der Waals surface area contributed by atoms with E-state index >= 15 is 4.39 Å². The maximum absolute atomic E-state index is 15.0. The molecule has 0 spiro atoms. The van der Waals surface area contributed by atoms with Crippen LogP contribution in [0.3, 0.4) is 0 Å². The number of rotatable bonds is 1. The minimum Gasteiger partial charge on any atom is -0.325 e. The monoisotopic (exact) mass is 444 g/mol. The molecular formula is C24H19F4N3O. The summed E-state index contributed by atoms with van der Waals surface area (Å²) >= 11 is 0. The van der Waals surface area contributed by atoms with Crippen LogP contribution < -0.4 is 10.6 Å². The van der Waals surface area contributed by atoms with Gasteiger partial charge in [-0.1, -0.05) is 24.0 Å². The van der Waals surface area contributed by atoms with Crippen LogP contribution in [-0.2, 0) is 13.4 Å². The van der Waals surface area contributed by atoms with E-state index in [0.29, 0.717) is 40.8 Å². The van der Waals surface area contributed by atoms with E-state index in [4.69, 9.17) is 4.11 Å². The summed E-state index contributed by atoms with van der Waals surface area (Å²) in [6.07, 6.45) is -3.37. The molecule has 2 aromatic carbocycles. The molecule has 0 radical (unpaired) electrons. The molecule has 2 heterocycles. The second-order valence-corrected chi connectivity index (χ2v) is 8.08. The maximum Gasteiger partial charge on any atom is 0.405 e. The molecule has 1 aromatic heterocycles. The van der Waals surface area contributed by atoms with Crippen molar-refractivity contribution in [3.8, 4) is 11.8 Å². The number of hydrogen-bond donors (Lipinski definition) is 0. The summed E-state index contributed by atoms with van der Waals surface area (Å²) in [5, 5.41) is -0.124. The Morgan fingerprint density at radius 3 is 2.69 bits per heavy atom. The van der Waals surface area contributed by atoms with Crippen molar-refractivity contribution in [2.24, 2.45) is 12.4 Å². The predicted octanol–water partition coefficient (Wildman–Crippen LogP) is 4.85. The van der Waals surface area contributed by atoms with Gasteiger partial charge in [-0.25, -0.2) is 9.18 Å². The highest BCUT2D eigenvalue weighted by molar-refractivity contribution is 5.93. The van der Waals surface area contributed by atoms with Crippen LogP contribution in [0.15, 0.2) is 41.2 Å². The number of nitrogens with zero attached hydrogens (tertiary/aromatic N) is 3. The Bertz CT molecular complexity index is 1460. The number of benzene rings is 2. The molecule has 32 heavy (non-hydrogen) atoms. The molecule has 1 aliphatic heterocycles. The van der Waals surface area contributed by atoms with Gasteiger partial charge in [-0.2, -0.15) is 18.2 Å². The molecule has 1 fully saturated rings. The van der Waals surface area contributed by atoms with Crippen molar-refractivity contribution < 1.29 is 21.7 Å². The fourth-order valence-corrected chi connectivity index (χ4v) is 4.17. The smallest absolute Gasteiger partial charge is 0.325 e. The first-order valence-electron chi connectivity index (χ1n) is 11.6. The maximum atomic E-state index is 15.0. The topological polar surface area (TPSA) is 38.1 Å². The van der Waals surface area contributed by atoms with Crippen LogP contribution in [0.1, 0.15) is 34.5 Å². The van der Waals surface area contributed by atoms with Crippen molar-refractivity contribution in [2.75, 3.05) is 11.4 Å². The molecule has 2 aliphatic rings. The zero-order valence-corrected chi connectivity index (χ0v) is 16.8. The highest BCUT2D eigenvalue weighted by atomic mass is 19.4. The highest BCUT2D eigenvalue weighted by Crippen LogP contribution is 2.57. The van der Waals surface area contributed by atoms with Gasteiger partial charge in [-0.3, -0.25) is 4.57 Å². The summed E-state index contributed by atoms with van der Waals surface area (Å²) in [5.41, 5.74) is -1.49. The molecule has 0 saturated heterocycles. The lowest BCUT2D eigenvalue weighted by atomic mass is 9.95. The third-order valence-electron chi connectivity index (χ3n) is 6.08. The zero-order chi connectivity index (χ0) is 25.2. The van der Waals surface area contributed by atoms with E-state index in [0.717, 1.165) is 6.07 Å². The molecule has 1 saturated carbocycles. The Kier molecular flexibility index (Phi) is 3.82. The van der Waals surface area contributed by atoms with Crippen LogP contribution in [0, 0.1) is 23.1 Å². The van der Waals surface area contributed by atoms with Gasteiger partial charge >= 0.3 is 11.9 Å². The van der Waals surface area contributed by atoms with Crippen molar-refractivity contribution in [1.82, 2.24) is 9.55 Å². The number of anilines is 2. The largest absolute Gasteiger partial charge is 0.405 e. The Balaban J connectivity index is 1.68. The molecule has 5 rings (SSSR count). The van der Waals surface area contributed by atoms with Crippen molar-refractivity contribution in [2.45, 2.75) is 31.9 Å². The Morgan fingerprint density at radius 2 is 1.97 bits per heavy atom. The predicted molar refractivity (Wildman–Crippen MR) is 113 cm³/mol. The lowest BCUT2D eigenvalue weighted by Crippen LogP contribution is -2.30. The highest BCUT2D eigenvalue weighted by Gasteiger charge is 2.62. The van der Waals surface area contributed by atoms with Gasteiger partial charge < -0.3 is 4.90 Å².